The first kappa shape index (κ1) is 15.3. The number of aryl methyl sites for hydroxylation is 1. The quantitative estimate of drug-likeness (QED) is 0.842. The molecule has 0 N–H and O–H groups in total. The van der Waals surface area contributed by atoms with E-state index < -0.39 is 0 Å². The molecule has 0 aromatic carbocycles. The Kier molecular flexibility index (Phi) is 4.78. The van der Waals surface area contributed by atoms with Gasteiger partial charge in [-0.25, -0.2) is 0 Å². The minimum absolute atomic E-state index is 0.00167. The summed E-state index contributed by atoms with van der Waals surface area (Å²) in [5.74, 6) is 1.15. The Hall–Kier alpha value is -2.10. The first-order valence-electron chi connectivity index (χ1n) is 7.24. The van der Waals surface area contributed by atoms with Gasteiger partial charge in [0.2, 0.25) is 0 Å². The lowest BCUT2D eigenvalue weighted by Gasteiger charge is -2.31. The standard InChI is InChI=1S/C17H22N2O2/c1-12(2)14(4)19(11-15-6-5-9-21-15)17(20)16-10-18-8-7-13(16)3/h5-10,12,14H,11H2,1-4H3/t14-/m1/s1. The van der Waals surface area contributed by atoms with Crippen molar-refractivity contribution in [2.24, 2.45) is 5.92 Å². The molecule has 0 fully saturated rings. The topological polar surface area (TPSA) is 46.3 Å². The first-order chi connectivity index (χ1) is 10.0. The minimum Gasteiger partial charge on any atom is -0.467 e. The van der Waals surface area contributed by atoms with Gasteiger partial charge in [-0.1, -0.05) is 13.8 Å². The van der Waals surface area contributed by atoms with Crippen LogP contribution in [0.25, 0.3) is 0 Å². The summed E-state index contributed by atoms with van der Waals surface area (Å²) in [6, 6.07) is 5.71. The van der Waals surface area contributed by atoms with Gasteiger partial charge in [0.1, 0.15) is 5.76 Å². The Morgan fingerprint density at radius 2 is 2.10 bits per heavy atom. The van der Waals surface area contributed by atoms with E-state index in [1.165, 1.54) is 0 Å². The molecule has 21 heavy (non-hydrogen) atoms. The highest BCUT2D eigenvalue weighted by atomic mass is 16.3. The molecule has 0 aliphatic heterocycles. The monoisotopic (exact) mass is 286 g/mol. The molecule has 0 radical (unpaired) electrons. The second-order valence-electron chi connectivity index (χ2n) is 5.69. The number of carbonyl (C=O) groups is 1. The zero-order chi connectivity index (χ0) is 15.4. The molecule has 0 bridgehead atoms. The SMILES string of the molecule is Cc1ccncc1C(=O)N(Cc1ccco1)[C@H](C)C(C)C. The van der Waals surface area contributed by atoms with Gasteiger partial charge in [-0.05, 0) is 43.5 Å². The number of carbonyl (C=O) groups excluding carboxylic acids is 1. The largest absolute Gasteiger partial charge is 0.467 e. The Morgan fingerprint density at radius 1 is 1.33 bits per heavy atom. The molecule has 4 heteroatoms. The zero-order valence-electron chi connectivity index (χ0n) is 13.0. The Morgan fingerprint density at radius 3 is 2.67 bits per heavy atom. The number of hydrogen-bond donors (Lipinski definition) is 0. The fourth-order valence-electron chi connectivity index (χ4n) is 2.17. The molecule has 1 amide bonds. The van der Waals surface area contributed by atoms with E-state index in [4.69, 9.17) is 4.42 Å². The molecule has 0 spiro atoms. The summed E-state index contributed by atoms with van der Waals surface area (Å²) in [6.07, 6.45) is 4.97. The molecule has 112 valence electrons. The lowest BCUT2D eigenvalue weighted by Crippen LogP contribution is -2.41. The van der Waals surface area contributed by atoms with Gasteiger partial charge in [-0.15, -0.1) is 0 Å². The third-order valence-corrected chi connectivity index (χ3v) is 3.89. The van der Waals surface area contributed by atoms with Crippen molar-refractivity contribution >= 4 is 5.91 Å². The summed E-state index contributed by atoms with van der Waals surface area (Å²) in [5.41, 5.74) is 1.59. The maximum absolute atomic E-state index is 12.9. The van der Waals surface area contributed by atoms with E-state index in [1.807, 2.05) is 30.0 Å². The summed E-state index contributed by atoms with van der Waals surface area (Å²) >= 11 is 0. The second-order valence-corrected chi connectivity index (χ2v) is 5.69. The predicted molar refractivity (Wildman–Crippen MR) is 81.9 cm³/mol. The smallest absolute Gasteiger partial charge is 0.256 e. The third-order valence-electron chi connectivity index (χ3n) is 3.89. The molecule has 2 aromatic rings. The van der Waals surface area contributed by atoms with Crippen LogP contribution in [-0.4, -0.2) is 21.8 Å². The number of amides is 1. The fraction of sp³-hybridized carbons (Fsp3) is 0.412. The van der Waals surface area contributed by atoms with Crippen molar-refractivity contribution in [3.05, 3.63) is 53.7 Å². The third kappa shape index (κ3) is 3.51. The van der Waals surface area contributed by atoms with Gasteiger partial charge >= 0.3 is 0 Å². The molecule has 0 saturated heterocycles. The van der Waals surface area contributed by atoms with Crippen LogP contribution in [0, 0.1) is 12.8 Å². The number of pyridine rings is 1. The Labute approximate surface area is 125 Å². The van der Waals surface area contributed by atoms with Crippen molar-refractivity contribution < 1.29 is 9.21 Å². The van der Waals surface area contributed by atoms with Crippen molar-refractivity contribution in [2.75, 3.05) is 0 Å². The van der Waals surface area contributed by atoms with Crippen LogP contribution in [0.5, 0.6) is 0 Å². The van der Waals surface area contributed by atoms with E-state index in [1.54, 1.807) is 18.7 Å². The molecular weight excluding hydrogens is 264 g/mol. The molecule has 0 aliphatic rings. The summed E-state index contributed by atoms with van der Waals surface area (Å²) in [7, 11) is 0. The van der Waals surface area contributed by atoms with Gasteiger partial charge in [-0.2, -0.15) is 0 Å². The molecule has 4 nitrogen and oxygen atoms in total. The van der Waals surface area contributed by atoms with Gasteiger partial charge < -0.3 is 9.32 Å². The van der Waals surface area contributed by atoms with Gasteiger partial charge in [0.05, 0.1) is 18.4 Å². The average molecular weight is 286 g/mol. The fourth-order valence-corrected chi connectivity index (χ4v) is 2.17. The number of furan rings is 1. The normalized spacial score (nSPS) is 12.4. The Bertz CT molecular complexity index is 591. The van der Waals surface area contributed by atoms with Crippen LogP contribution in [0.15, 0.2) is 41.3 Å². The van der Waals surface area contributed by atoms with E-state index in [9.17, 15) is 4.79 Å². The van der Waals surface area contributed by atoms with Crippen molar-refractivity contribution in [1.82, 2.24) is 9.88 Å². The zero-order valence-corrected chi connectivity index (χ0v) is 13.0. The average Bonchev–Trinajstić information content (AvgIpc) is 2.97. The molecule has 2 aromatic heterocycles. The molecule has 2 rings (SSSR count). The number of rotatable bonds is 5. The summed E-state index contributed by atoms with van der Waals surface area (Å²) < 4.78 is 5.40. The van der Waals surface area contributed by atoms with Crippen molar-refractivity contribution in [1.29, 1.82) is 0 Å². The number of hydrogen-bond acceptors (Lipinski definition) is 3. The highest BCUT2D eigenvalue weighted by Gasteiger charge is 2.25. The number of nitrogens with zero attached hydrogens (tertiary/aromatic N) is 2. The van der Waals surface area contributed by atoms with Crippen LogP contribution in [0.4, 0.5) is 0 Å². The summed E-state index contributed by atoms with van der Waals surface area (Å²) in [5, 5.41) is 0. The first-order valence-corrected chi connectivity index (χ1v) is 7.24. The van der Waals surface area contributed by atoms with Crippen molar-refractivity contribution in [3.8, 4) is 0 Å². The molecular formula is C17H22N2O2. The van der Waals surface area contributed by atoms with Gasteiger partial charge in [0.15, 0.2) is 0 Å². The van der Waals surface area contributed by atoms with E-state index in [-0.39, 0.29) is 11.9 Å². The summed E-state index contributed by atoms with van der Waals surface area (Å²) in [4.78, 5) is 18.8. The van der Waals surface area contributed by atoms with Crippen molar-refractivity contribution in [3.63, 3.8) is 0 Å². The van der Waals surface area contributed by atoms with Crippen LogP contribution in [0.2, 0.25) is 0 Å². The Balaban J connectivity index is 2.30. The number of aromatic nitrogens is 1. The maximum Gasteiger partial charge on any atom is 0.256 e. The van der Waals surface area contributed by atoms with Crippen molar-refractivity contribution in [2.45, 2.75) is 40.3 Å². The highest BCUT2D eigenvalue weighted by Crippen LogP contribution is 2.19. The highest BCUT2D eigenvalue weighted by molar-refractivity contribution is 5.95. The van der Waals surface area contributed by atoms with E-state index in [2.05, 4.69) is 25.8 Å². The van der Waals surface area contributed by atoms with Crippen LogP contribution >= 0.6 is 0 Å². The summed E-state index contributed by atoms with van der Waals surface area (Å²) in [6.45, 7) is 8.70. The second kappa shape index (κ2) is 6.57. The van der Waals surface area contributed by atoms with Crippen LogP contribution in [0.3, 0.4) is 0 Å². The van der Waals surface area contributed by atoms with E-state index >= 15 is 0 Å². The lowest BCUT2D eigenvalue weighted by atomic mass is 10.0. The molecule has 0 saturated carbocycles. The van der Waals surface area contributed by atoms with Gasteiger partial charge in [-0.3, -0.25) is 9.78 Å². The van der Waals surface area contributed by atoms with Crippen LogP contribution < -0.4 is 0 Å². The van der Waals surface area contributed by atoms with Crippen LogP contribution in [-0.2, 0) is 6.54 Å². The van der Waals surface area contributed by atoms with Gasteiger partial charge in [0, 0.05) is 18.4 Å². The van der Waals surface area contributed by atoms with Gasteiger partial charge in [0.25, 0.3) is 5.91 Å². The van der Waals surface area contributed by atoms with E-state index in [0.29, 0.717) is 18.0 Å². The van der Waals surface area contributed by atoms with E-state index in [0.717, 1.165) is 11.3 Å². The molecule has 0 aliphatic carbocycles. The minimum atomic E-state index is -0.00167. The molecule has 1 atom stereocenters. The molecule has 0 unspecified atom stereocenters. The predicted octanol–water partition coefficient (Wildman–Crippen LogP) is 3.67. The maximum atomic E-state index is 12.9. The lowest BCUT2D eigenvalue weighted by molar-refractivity contribution is 0.0610. The molecule has 2 heterocycles. The van der Waals surface area contributed by atoms with Crippen LogP contribution in [0.1, 0.15) is 42.5 Å².